The Labute approximate surface area is 119 Å². The van der Waals surface area contributed by atoms with E-state index in [0.717, 1.165) is 31.0 Å². The summed E-state index contributed by atoms with van der Waals surface area (Å²) in [5.41, 5.74) is 0.288. The fourth-order valence-electron chi connectivity index (χ4n) is 3.30. The number of hydrogen-bond acceptors (Lipinski definition) is 4. The lowest BCUT2D eigenvalue weighted by Gasteiger charge is -2.48. The Morgan fingerprint density at radius 1 is 1.45 bits per heavy atom. The zero-order valence-corrected chi connectivity index (χ0v) is 12.3. The zero-order chi connectivity index (χ0) is 14.2. The normalized spacial score (nSPS) is 24.6. The van der Waals surface area contributed by atoms with Crippen molar-refractivity contribution in [2.45, 2.75) is 63.5 Å². The number of rotatable bonds is 3. The highest BCUT2D eigenvalue weighted by Gasteiger charge is 2.40. The lowest BCUT2D eigenvalue weighted by Crippen LogP contribution is -2.58. The number of aromatic amines is 1. The number of hydrogen-bond donors (Lipinski definition) is 3. The summed E-state index contributed by atoms with van der Waals surface area (Å²) in [6.45, 7) is 5.13. The van der Waals surface area contributed by atoms with Gasteiger partial charge in [0.05, 0.1) is 0 Å². The maximum atomic E-state index is 11.7. The predicted molar refractivity (Wildman–Crippen MR) is 80.2 cm³/mol. The number of nitrogens with one attached hydrogen (secondary N) is 3. The second-order valence-electron chi connectivity index (χ2n) is 6.57. The van der Waals surface area contributed by atoms with Gasteiger partial charge in [0, 0.05) is 23.6 Å². The highest BCUT2D eigenvalue weighted by atomic mass is 16.1. The molecule has 0 bridgehead atoms. The lowest BCUT2D eigenvalue weighted by atomic mass is 9.70. The van der Waals surface area contributed by atoms with E-state index in [-0.39, 0.29) is 11.5 Å². The van der Waals surface area contributed by atoms with Crippen molar-refractivity contribution < 1.29 is 0 Å². The molecule has 20 heavy (non-hydrogen) atoms. The third kappa shape index (κ3) is 2.73. The van der Waals surface area contributed by atoms with Crippen molar-refractivity contribution in [1.29, 1.82) is 0 Å². The third-order valence-electron chi connectivity index (χ3n) is 4.60. The van der Waals surface area contributed by atoms with E-state index in [1.54, 1.807) is 6.07 Å². The Hall–Kier alpha value is -1.36. The molecule has 1 saturated carbocycles. The minimum absolute atomic E-state index is 0.0708. The molecule has 3 N–H and O–H groups in total. The van der Waals surface area contributed by atoms with Crippen molar-refractivity contribution in [1.82, 2.24) is 15.3 Å². The Balaban J connectivity index is 1.72. The molecular weight excluding hydrogens is 252 g/mol. The third-order valence-corrected chi connectivity index (χ3v) is 4.60. The van der Waals surface area contributed by atoms with Gasteiger partial charge >= 0.3 is 0 Å². The van der Waals surface area contributed by atoms with E-state index in [2.05, 4.69) is 20.6 Å². The minimum atomic E-state index is -0.0708. The van der Waals surface area contributed by atoms with Crippen LogP contribution in [-0.2, 0) is 0 Å². The topological polar surface area (TPSA) is 69.8 Å². The fourth-order valence-corrected chi connectivity index (χ4v) is 3.30. The predicted octanol–water partition coefficient (Wildman–Crippen LogP) is 1.98. The molecule has 1 saturated heterocycles. The van der Waals surface area contributed by atoms with Gasteiger partial charge in [-0.25, -0.2) is 4.98 Å². The van der Waals surface area contributed by atoms with Gasteiger partial charge in [0.25, 0.3) is 5.56 Å². The SMILES string of the molecule is CC(C)c1nc(NC2CCNC3(CCC3)C2)cc(=O)[nH]1. The highest BCUT2D eigenvalue weighted by molar-refractivity contribution is 5.35. The molecule has 5 nitrogen and oxygen atoms in total. The van der Waals surface area contributed by atoms with Crippen LogP contribution < -0.4 is 16.2 Å². The average Bonchev–Trinajstić information content (AvgIpc) is 2.36. The van der Waals surface area contributed by atoms with Crippen LogP contribution in [0.4, 0.5) is 5.82 Å². The summed E-state index contributed by atoms with van der Waals surface area (Å²) in [6.07, 6.45) is 6.13. The Bertz CT molecular complexity index is 533. The monoisotopic (exact) mass is 276 g/mol. The molecule has 1 aromatic heterocycles. The first-order chi connectivity index (χ1) is 9.56. The summed E-state index contributed by atoms with van der Waals surface area (Å²) in [6, 6.07) is 1.99. The average molecular weight is 276 g/mol. The van der Waals surface area contributed by atoms with Crippen LogP contribution in [0.3, 0.4) is 0 Å². The molecule has 1 atom stereocenters. The number of aromatic nitrogens is 2. The minimum Gasteiger partial charge on any atom is -0.367 e. The Morgan fingerprint density at radius 3 is 2.90 bits per heavy atom. The smallest absolute Gasteiger partial charge is 0.252 e. The molecular formula is C15H24N4O. The number of anilines is 1. The Morgan fingerprint density at radius 2 is 2.25 bits per heavy atom. The lowest BCUT2D eigenvalue weighted by molar-refractivity contribution is 0.135. The molecule has 1 spiro atoms. The molecule has 2 fully saturated rings. The first kappa shape index (κ1) is 13.6. The quantitative estimate of drug-likeness (QED) is 0.789. The molecule has 2 aliphatic rings. The van der Waals surface area contributed by atoms with Gasteiger partial charge in [-0.3, -0.25) is 4.79 Å². The van der Waals surface area contributed by atoms with Gasteiger partial charge in [0.2, 0.25) is 0 Å². The maximum absolute atomic E-state index is 11.7. The molecule has 0 amide bonds. The van der Waals surface area contributed by atoms with Gasteiger partial charge in [0.1, 0.15) is 11.6 Å². The maximum Gasteiger partial charge on any atom is 0.252 e. The number of piperidine rings is 1. The van der Waals surface area contributed by atoms with Crippen LogP contribution in [0.5, 0.6) is 0 Å². The van der Waals surface area contributed by atoms with Gasteiger partial charge < -0.3 is 15.6 Å². The molecule has 3 rings (SSSR count). The number of H-pyrrole nitrogens is 1. The van der Waals surface area contributed by atoms with E-state index in [9.17, 15) is 4.79 Å². The van der Waals surface area contributed by atoms with Gasteiger partial charge in [-0.15, -0.1) is 0 Å². The van der Waals surface area contributed by atoms with Gasteiger partial charge in [-0.2, -0.15) is 0 Å². The van der Waals surface area contributed by atoms with Crippen molar-refractivity contribution in [2.75, 3.05) is 11.9 Å². The highest BCUT2D eigenvalue weighted by Crippen LogP contribution is 2.38. The van der Waals surface area contributed by atoms with E-state index >= 15 is 0 Å². The van der Waals surface area contributed by atoms with E-state index in [1.165, 1.54) is 19.3 Å². The first-order valence-electron chi connectivity index (χ1n) is 7.69. The largest absolute Gasteiger partial charge is 0.367 e. The molecule has 2 heterocycles. The molecule has 1 aromatic rings. The molecule has 5 heteroatoms. The summed E-state index contributed by atoms with van der Waals surface area (Å²) in [4.78, 5) is 19.0. The van der Waals surface area contributed by atoms with Crippen LogP contribution >= 0.6 is 0 Å². The van der Waals surface area contributed by atoms with Gasteiger partial charge in [-0.1, -0.05) is 13.8 Å². The van der Waals surface area contributed by atoms with Crippen LogP contribution in [-0.4, -0.2) is 28.1 Å². The van der Waals surface area contributed by atoms with Crippen molar-refractivity contribution in [2.24, 2.45) is 0 Å². The van der Waals surface area contributed by atoms with Crippen LogP contribution in [0.25, 0.3) is 0 Å². The van der Waals surface area contributed by atoms with Crippen molar-refractivity contribution in [3.63, 3.8) is 0 Å². The summed E-state index contributed by atoms with van der Waals surface area (Å²) < 4.78 is 0. The second kappa shape index (κ2) is 5.20. The molecule has 1 aliphatic carbocycles. The standard InChI is InChI=1S/C15H24N4O/c1-10(2)14-18-12(8-13(20)19-14)17-11-4-7-16-15(9-11)5-3-6-15/h8,10-11,16H,3-7,9H2,1-2H3,(H2,17,18,19,20). The molecule has 0 radical (unpaired) electrons. The fraction of sp³-hybridized carbons (Fsp3) is 0.733. The molecule has 1 unspecified atom stereocenters. The zero-order valence-electron chi connectivity index (χ0n) is 12.3. The second-order valence-corrected chi connectivity index (χ2v) is 6.57. The van der Waals surface area contributed by atoms with Crippen molar-refractivity contribution >= 4 is 5.82 Å². The molecule has 1 aliphatic heterocycles. The first-order valence-corrected chi connectivity index (χ1v) is 7.69. The summed E-state index contributed by atoms with van der Waals surface area (Å²) in [5, 5.41) is 7.13. The summed E-state index contributed by atoms with van der Waals surface area (Å²) in [5.74, 6) is 1.71. The van der Waals surface area contributed by atoms with E-state index in [4.69, 9.17) is 0 Å². The van der Waals surface area contributed by atoms with Crippen LogP contribution in [0, 0.1) is 0 Å². The van der Waals surface area contributed by atoms with Crippen LogP contribution in [0.2, 0.25) is 0 Å². The summed E-state index contributed by atoms with van der Waals surface area (Å²) in [7, 11) is 0. The van der Waals surface area contributed by atoms with E-state index in [0.29, 0.717) is 11.6 Å². The van der Waals surface area contributed by atoms with Crippen LogP contribution in [0.15, 0.2) is 10.9 Å². The molecule has 0 aromatic carbocycles. The summed E-state index contributed by atoms with van der Waals surface area (Å²) >= 11 is 0. The van der Waals surface area contributed by atoms with Gasteiger partial charge in [0.15, 0.2) is 0 Å². The van der Waals surface area contributed by atoms with E-state index in [1.807, 2.05) is 13.8 Å². The van der Waals surface area contributed by atoms with Gasteiger partial charge in [-0.05, 0) is 38.6 Å². The van der Waals surface area contributed by atoms with Crippen LogP contribution in [0.1, 0.15) is 57.7 Å². The number of nitrogens with zero attached hydrogens (tertiary/aromatic N) is 1. The van der Waals surface area contributed by atoms with Crippen molar-refractivity contribution in [3.8, 4) is 0 Å². The van der Waals surface area contributed by atoms with E-state index < -0.39 is 0 Å². The van der Waals surface area contributed by atoms with Crippen molar-refractivity contribution in [3.05, 3.63) is 22.2 Å². The molecule has 110 valence electrons. The Kier molecular flexibility index (Phi) is 3.54.